The Kier molecular flexibility index (Phi) is 4.39. The van der Waals surface area contributed by atoms with Crippen molar-refractivity contribution < 1.29 is 23.1 Å². The molecule has 0 fully saturated rings. The van der Waals surface area contributed by atoms with Crippen LogP contribution >= 0.6 is 12.4 Å². The Hall–Kier alpha value is -2.09. The molecule has 2 rings (SSSR count). The van der Waals surface area contributed by atoms with Crippen LogP contribution < -0.4 is 0 Å². The minimum absolute atomic E-state index is 0. The van der Waals surface area contributed by atoms with Gasteiger partial charge in [0, 0.05) is 6.20 Å². The van der Waals surface area contributed by atoms with Crippen LogP contribution in [0.1, 0.15) is 21.6 Å². The van der Waals surface area contributed by atoms with Crippen molar-refractivity contribution in [2.24, 2.45) is 0 Å². The number of carbonyl (C=O) groups is 1. The van der Waals surface area contributed by atoms with Gasteiger partial charge >= 0.3 is 12.1 Å². The quantitative estimate of drug-likeness (QED) is 0.926. The number of carboxylic acids is 1. The Bertz CT molecular complexity index is 623. The van der Waals surface area contributed by atoms with Gasteiger partial charge in [-0.3, -0.25) is 0 Å². The second-order valence-electron chi connectivity index (χ2n) is 3.76. The number of alkyl halides is 3. The molecule has 2 aromatic rings. The third-order valence-electron chi connectivity index (χ3n) is 2.53. The molecule has 0 aliphatic heterocycles. The molecule has 0 aromatic carbocycles. The molecule has 5 nitrogen and oxygen atoms in total. The van der Waals surface area contributed by atoms with Gasteiger partial charge in [0.25, 0.3) is 0 Å². The van der Waals surface area contributed by atoms with Gasteiger partial charge in [-0.15, -0.1) is 12.4 Å². The molecular formula is C11H9ClF3N3O2. The molecule has 0 amide bonds. The highest BCUT2D eigenvalue weighted by molar-refractivity contribution is 5.88. The Balaban J connectivity index is 0.00000200. The molecule has 0 saturated carbocycles. The van der Waals surface area contributed by atoms with Crippen LogP contribution in [0.2, 0.25) is 0 Å². The molecule has 108 valence electrons. The minimum atomic E-state index is -4.46. The minimum Gasteiger partial charge on any atom is -0.478 e. The van der Waals surface area contributed by atoms with E-state index in [9.17, 15) is 18.0 Å². The van der Waals surface area contributed by atoms with Gasteiger partial charge in [-0.05, 0) is 19.1 Å². The number of aromatic nitrogens is 3. The zero-order chi connectivity index (χ0) is 14.2. The van der Waals surface area contributed by atoms with Crippen molar-refractivity contribution >= 4 is 18.4 Å². The standard InChI is InChI=1S/C11H8F3N3O2.ClH/c1-6-8(10(18)19)5-16-17(6)9-3-2-7(4-15-9)11(12,13)14;/h2-5H,1H3,(H,18,19);1H. The van der Waals surface area contributed by atoms with E-state index in [1.807, 2.05) is 0 Å². The maximum absolute atomic E-state index is 12.4. The summed E-state index contributed by atoms with van der Waals surface area (Å²) in [7, 11) is 0. The van der Waals surface area contributed by atoms with Crippen molar-refractivity contribution in [3.8, 4) is 5.82 Å². The summed E-state index contributed by atoms with van der Waals surface area (Å²) < 4.78 is 38.3. The molecule has 0 radical (unpaired) electrons. The summed E-state index contributed by atoms with van der Waals surface area (Å²) in [5.74, 6) is -1.03. The number of nitrogens with zero attached hydrogens (tertiary/aromatic N) is 3. The molecule has 2 heterocycles. The molecule has 0 aliphatic carbocycles. The monoisotopic (exact) mass is 307 g/mol. The normalized spacial score (nSPS) is 11.0. The molecule has 0 aliphatic rings. The summed E-state index contributed by atoms with van der Waals surface area (Å²) in [5, 5.41) is 12.6. The lowest BCUT2D eigenvalue weighted by Crippen LogP contribution is -2.08. The number of halogens is 4. The highest BCUT2D eigenvalue weighted by Crippen LogP contribution is 2.28. The average molecular weight is 308 g/mol. The van der Waals surface area contributed by atoms with Crippen LogP contribution in [0.4, 0.5) is 13.2 Å². The zero-order valence-electron chi connectivity index (χ0n) is 10.0. The summed E-state index contributed by atoms with van der Waals surface area (Å²) in [5.41, 5.74) is -0.610. The number of rotatable bonds is 2. The van der Waals surface area contributed by atoms with E-state index >= 15 is 0 Å². The van der Waals surface area contributed by atoms with Crippen molar-refractivity contribution in [3.63, 3.8) is 0 Å². The van der Waals surface area contributed by atoms with Crippen LogP contribution in [0.5, 0.6) is 0 Å². The molecule has 0 spiro atoms. The summed E-state index contributed by atoms with van der Waals surface area (Å²) in [4.78, 5) is 14.5. The van der Waals surface area contributed by atoms with E-state index in [-0.39, 0.29) is 23.8 Å². The molecular weight excluding hydrogens is 299 g/mol. The van der Waals surface area contributed by atoms with Crippen LogP contribution in [0.3, 0.4) is 0 Å². The molecule has 9 heteroatoms. The maximum Gasteiger partial charge on any atom is 0.417 e. The van der Waals surface area contributed by atoms with Gasteiger partial charge in [0.05, 0.1) is 17.5 Å². The largest absolute Gasteiger partial charge is 0.478 e. The SMILES string of the molecule is Cc1c(C(=O)O)cnn1-c1ccc(C(F)(F)F)cn1.Cl. The predicted molar refractivity (Wildman–Crippen MR) is 65.3 cm³/mol. The first-order valence-corrected chi connectivity index (χ1v) is 5.12. The maximum atomic E-state index is 12.4. The fraction of sp³-hybridized carbons (Fsp3) is 0.182. The summed E-state index contributed by atoms with van der Waals surface area (Å²) >= 11 is 0. The number of aromatic carboxylic acids is 1. The van der Waals surface area contributed by atoms with E-state index in [0.29, 0.717) is 11.9 Å². The van der Waals surface area contributed by atoms with Gasteiger partial charge in [0.1, 0.15) is 5.56 Å². The zero-order valence-corrected chi connectivity index (χ0v) is 10.9. The lowest BCUT2D eigenvalue weighted by atomic mass is 10.2. The third kappa shape index (κ3) is 2.90. The third-order valence-corrected chi connectivity index (χ3v) is 2.53. The Labute approximate surface area is 117 Å². The van der Waals surface area contributed by atoms with Crippen molar-refractivity contribution in [3.05, 3.63) is 41.3 Å². The topological polar surface area (TPSA) is 68.0 Å². The van der Waals surface area contributed by atoms with E-state index in [4.69, 9.17) is 5.11 Å². The second kappa shape index (κ2) is 5.49. The number of carboxylic acid groups (broad SMARTS) is 1. The van der Waals surface area contributed by atoms with Crippen LogP contribution in [0.25, 0.3) is 5.82 Å². The Morgan fingerprint density at radius 1 is 1.30 bits per heavy atom. The van der Waals surface area contributed by atoms with E-state index in [2.05, 4.69) is 10.1 Å². The summed E-state index contributed by atoms with van der Waals surface area (Å²) in [6.45, 7) is 1.50. The molecule has 20 heavy (non-hydrogen) atoms. The summed E-state index contributed by atoms with van der Waals surface area (Å²) in [6.07, 6.45) is -2.66. The molecule has 2 aromatic heterocycles. The molecule has 0 atom stereocenters. The highest BCUT2D eigenvalue weighted by atomic mass is 35.5. The number of hydrogen-bond acceptors (Lipinski definition) is 3. The average Bonchev–Trinajstić information content (AvgIpc) is 2.70. The van der Waals surface area contributed by atoms with Gasteiger partial charge in [0.15, 0.2) is 5.82 Å². The number of hydrogen-bond donors (Lipinski definition) is 1. The lowest BCUT2D eigenvalue weighted by Gasteiger charge is -2.07. The van der Waals surface area contributed by atoms with Crippen LogP contribution in [-0.2, 0) is 6.18 Å². The van der Waals surface area contributed by atoms with Crippen LogP contribution in [0, 0.1) is 6.92 Å². The predicted octanol–water partition coefficient (Wildman–Crippen LogP) is 2.71. The molecule has 0 unspecified atom stereocenters. The fourth-order valence-electron chi connectivity index (χ4n) is 1.53. The Morgan fingerprint density at radius 2 is 1.95 bits per heavy atom. The van der Waals surface area contributed by atoms with Crippen molar-refractivity contribution in [2.45, 2.75) is 13.1 Å². The lowest BCUT2D eigenvalue weighted by molar-refractivity contribution is -0.137. The first-order chi connectivity index (χ1) is 8.80. The van der Waals surface area contributed by atoms with E-state index in [1.165, 1.54) is 11.6 Å². The first-order valence-electron chi connectivity index (χ1n) is 5.12. The smallest absolute Gasteiger partial charge is 0.417 e. The highest BCUT2D eigenvalue weighted by Gasteiger charge is 2.30. The van der Waals surface area contributed by atoms with Crippen molar-refractivity contribution in [1.29, 1.82) is 0 Å². The second-order valence-corrected chi connectivity index (χ2v) is 3.76. The number of pyridine rings is 1. The van der Waals surface area contributed by atoms with Crippen molar-refractivity contribution in [1.82, 2.24) is 14.8 Å². The van der Waals surface area contributed by atoms with Gasteiger partial charge < -0.3 is 5.11 Å². The van der Waals surface area contributed by atoms with Gasteiger partial charge in [-0.25, -0.2) is 14.5 Å². The van der Waals surface area contributed by atoms with Gasteiger partial charge in [0.2, 0.25) is 0 Å². The molecule has 1 N–H and O–H groups in total. The van der Waals surface area contributed by atoms with Gasteiger partial charge in [-0.1, -0.05) is 0 Å². The Morgan fingerprint density at radius 3 is 2.35 bits per heavy atom. The van der Waals surface area contributed by atoms with E-state index in [1.54, 1.807) is 0 Å². The molecule has 0 bridgehead atoms. The fourth-order valence-corrected chi connectivity index (χ4v) is 1.53. The summed E-state index contributed by atoms with van der Waals surface area (Å²) in [6, 6.07) is 2.00. The first kappa shape index (κ1) is 16.0. The van der Waals surface area contributed by atoms with Gasteiger partial charge in [-0.2, -0.15) is 18.3 Å². The van der Waals surface area contributed by atoms with Crippen LogP contribution in [-0.4, -0.2) is 25.8 Å². The van der Waals surface area contributed by atoms with E-state index < -0.39 is 17.7 Å². The van der Waals surface area contributed by atoms with Crippen LogP contribution in [0.15, 0.2) is 24.5 Å². The van der Waals surface area contributed by atoms with Crippen molar-refractivity contribution in [2.75, 3.05) is 0 Å². The molecule has 0 saturated heterocycles. The van der Waals surface area contributed by atoms with E-state index in [0.717, 1.165) is 18.3 Å².